The average Bonchev–Trinajstić information content (AvgIpc) is 3.56. The molecule has 0 N–H and O–H groups in total. The van der Waals surface area contributed by atoms with Crippen LogP contribution in [0.3, 0.4) is 0 Å². The molecule has 202 valence electrons. The van der Waals surface area contributed by atoms with Crippen LogP contribution < -0.4 is 0 Å². The van der Waals surface area contributed by atoms with E-state index < -0.39 is 41.7 Å². The van der Waals surface area contributed by atoms with E-state index in [0.29, 0.717) is 18.6 Å². The number of aryl methyl sites for hydroxylation is 1. The third kappa shape index (κ3) is 4.77. The summed E-state index contributed by atoms with van der Waals surface area (Å²) in [6, 6.07) is 8.23. The van der Waals surface area contributed by atoms with Crippen LogP contribution in [-0.2, 0) is 21.9 Å². The van der Waals surface area contributed by atoms with Crippen LogP contribution >= 0.6 is 0 Å². The van der Waals surface area contributed by atoms with Gasteiger partial charge in [0.25, 0.3) is 0 Å². The summed E-state index contributed by atoms with van der Waals surface area (Å²) in [6.07, 6.45) is -8.29. The number of rotatable bonds is 5. The van der Waals surface area contributed by atoms with Crippen molar-refractivity contribution in [3.63, 3.8) is 0 Å². The Morgan fingerprint density at radius 2 is 1.58 bits per heavy atom. The molecular formula is C26H24F6N4O2. The molecule has 3 aromatic rings. The number of ether oxygens (including phenoxy) is 1. The lowest BCUT2D eigenvalue weighted by Gasteiger charge is -2.28. The molecule has 2 aliphatic heterocycles. The predicted octanol–water partition coefficient (Wildman–Crippen LogP) is 5.71. The summed E-state index contributed by atoms with van der Waals surface area (Å²) in [4.78, 5) is 15.0. The summed E-state index contributed by atoms with van der Waals surface area (Å²) in [5, 5.41) is 7.56. The number of fused-ring (bicyclic) bond motifs is 1. The van der Waals surface area contributed by atoms with Crippen molar-refractivity contribution < 1.29 is 35.9 Å². The van der Waals surface area contributed by atoms with Crippen molar-refractivity contribution in [2.24, 2.45) is 0 Å². The maximum atomic E-state index is 13.4. The summed E-state index contributed by atoms with van der Waals surface area (Å²) in [5.74, 6) is -0.498. The Morgan fingerprint density at radius 3 is 2.16 bits per heavy atom. The Hall–Kier alpha value is -3.41. The first-order valence-electron chi connectivity index (χ1n) is 12.0. The lowest BCUT2D eigenvalue weighted by Crippen LogP contribution is -2.31. The topological polar surface area (TPSA) is 60.2 Å². The number of nitrogens with zero attached hydrogens (tertiary/aromatic N) is 4. The Kier molecular flexibility index (Phi) is 6.49. The van der Waals surface area contributed by atoms with Gasteiger partial charge in [-0.3, -0.25) is 4.79 Å². The Bertz CT molecular complexity index is 1290. The zero-order chi connectivity index (χ0) is 27.4. The van der Waals surface area contributed by atoms with Crippen LogP contribution in [0.2, 0.25) is 0 Å². The standard InChI is InChI=1S/C26H24F6N4O2/c1-14-5-3-4-6-19(14)23-20-10-21(35-12-33-34-13-35)24(37)36(20)11-22(23)38-15(2)16-7-17(25(27,28)29)9-18(8-16)26(30,31)32/h3-9,12-13,15,20-23H,10-11H2,1-2H3/t15-,20+,21?,22+,23+/m1/s1. The molecule has 0 radical (unpaired) electrons. The molecule has 12 heteroatoms. The molecule has 2 aliphatic rings. The van der Waals surface area contributed by atoms with E-state index in [2.05, 4.69) is 10.2 Å². The number of benzene rings is 2. The van der Waals surface area contributed by atoms with Crippen LogP contribution in [0.5, 0.6) is 0 Å². The van der Waals surface area contributed by atoms with Crippen LogP contribution in [0, 0.1) is 6.92 Å². The fourth-order valence-electron chi connectivity index (χ4n) is 5.60. The van der Waals surface area contributed by atoms with Crippen molar-refractivity contribution in [1.82, 2.24) is 19.7 Å². The normalized spacial score (nSPS) is 24.6. The maximum Gasteiger partial charge on any atom is 0.416 e. The molecule has 0 bridgehead atoms. The highest BCUT2D eigenvalue weighted by atomic mass is 19.4. The smallest absolute Gasteiger partial charge is 0.368 e. The Morgan fingerprint density at radius 1 is 0.974 bits per heavy atom. The summed E-state index contributed by atoms with van der Waals surface area (Å²) in [6.45, 7) is 3.49. The first-order valence-corrected chi connectivity index (χ1v) is 12.0. The third-order valence-corrected chi connectivity index (χ3v) is 7.43. The van der Waals surface area contributed by atoms with Gasteiger partial charge >= 0.3 is 12.4 Å². The number of halogens is 6. The monoisotopic (exact) mass is 538 g/mol. The van der Waals surface area contributed by atoms with Gasteiger partial charge in [0.15, 0.2) is 0 Å². The van der Waals surface area contributed by atoms with E-state index in [4.69, 9.17) is 4.74 Å². The van der Waals surface area contributed by atoms with Crippen molar-refractivity contribution in [2.45, 2.75) is 62.8 Å². The number of hydrogen-bond donors (Lipinski definition) is 0. The molecule has 1 amide bonds. The first-order chi connectivity index (χ1) is 17.8. The molecule has 5 rings (SSSR count). The summed E-state index contributed by atoms with van der Waals surface area (Å²) in [7, 11) is 0. The molecule has 2 aromatic carbocycles. The van der Waals surface area contributed by atoms with Crippen molar-refractivity contribution >= 4 is 5.91 Å². The second kappa shape index (κ2) is 9.40. The zero-order valence-electron chi connectivity index (χ0n) is 20.4. The van der Waals surface area contributed by atoms with E-state index in [1.807, 2.05) is 31.2 Å². The van der Waals surface area contributed by atoms with Gasteiger partial charge in [-0.15, -0.1) is 10.2 Å². The van der Waals surface area contributed by atoms with Gasteiger partial charge in [-0.1, -0.05) is 24.3 Å². The van der Waals surface area contributed by atoms with E-state index >= 15 is 0 Å². The van der Waals surface area contributed by atoms with Crippen molar-refractivity contribution in [3.8, 4) is 0 Å². The first kappa shape index (κ1) is 26.2. The van der Waals surface area contributed by atoms with Crippen LogP contribution in [0.25, 0.3) is 0 Å². The Labute approximate surface area is 214 Å². The van der Waals surface area contributed by atoms with Crippen molar-refractivity contribution in [3.05, 3.63) is 82.9 Å². The van der Waals surface area contributed by atoms with Crippen LogP contribution in [0.4, 0.5) is 26.3 Å². The van der Waals surface area contributed by atoms with Gasteiger partial charge < -0.3 is 14.2 Å². The number of alkyl halides is 6. The van der Waals surface area contributed by atoms with E-state index in [0.717, 1.165) is 11.1 Å². The lowest BCUT2D eigenvalue weighted by molar-refractivity contribution is -0.143. The van der Waals surface area contributed by atoms with Gasteiger partial charge in [-0.05, 0) is 55.2 Å². The van der Waals surface area contributed by atoms with E-state index in [1.165, 1.54) is 19.6 Å². The number of amides is 1. The van der Waals surface area contributed by atoms with E-state index in [1.54, 1.807) is 9.47 Å². The second-order valence-corrected chi connectivity index (χ2v) is 9.76. The highest BCUT2D eigenvalue weighted by molar-refractivity contribution is 5.84. The van der Waals surface area contributed by atoms with Crippen molar-refractivity contribution in [2.75, 3.05) is 6.54 Å². The molecular weight excluding hydrogens is 514 g/mol. The fourth-order valence-corrected chi connectivity index (χ4v) is 5.60. The number of carbonyl (C=O) groups is 1. The molecule has 0 saturated carbocycles. The summed E-state index contributed by atoms with van der Waals surface area (Å²) >= 11 is 0. The third-order valence-electron chi connectivity index (χ3n) is 7.43. The number of carbonyl (C=O) groups excluding carboxylic acids is 1. The largest absolute Gasteiger partial charge is 0.416 e. The van der Waals surface area contributed by atoms with Gasteiger partial charge in [0.05, 0.1) is 23.3 Å². The molecule has 38 heavy (non-hydrogen) atoms. The summed E-state index contributed by atoms with van der Waals surface area (Å²) in [5.41, 5.74) is -1.18. The molecule has 2 saturated heterocycles. The molecule has 5 atom stereocenters. The summed E-state index contributed by atoms with van der Waals surface area (Å²) < 4.78 is 88.4. The molecule has 6 nitrogen and oxygen atoms in total. The van der Waals surface area contributed by atoms with E-state index in [9.17, 15) is 31.1 Å². The fraction of sp³-hybridized carbons (Fsp3) is 0.423. The molecule has 3 heterocycles. The average molecular weight is 538 g/mol. The van der Waals surface area contributed by atoms with Gasteiger partial charge in [0.1, 0.15) is 18.7 Å². The molecule has 0 spiro atoms. The predicted molar refractivity (Wildman–Crippen MR) is 123 cm³/mol. The molecule has 1 aromatic heterocycles. The quantitative estimate of drug-likeness (QED) is 0.391. The van der Waals surface area contributed by atoms with Crippen LogP contribution in [-0.4, -0.2) is 44.3 Å². The molecule has 1 unspecified atom stereocenters. The Balaban J connectivity index is 1.48. The van der Waals surface area contributed by atoms with Gasteiger partial charge in [0, 0.05) is 18.5 Å². The SMILES string of the molecule is Cc1ccccc1[C@@H]1[C@@H](O[C@H](C)c2cc(C(F)(F)F)cc(C(F)(F)F)c2)CN2C(=O)C(n3cnnc3)C[C@@H]12. The van der Waals surface area contributed by atoms with Crippen molar-refractivity contribution in [1.29, 1.82) is 0 Å². The minimum atomic E-state index is -4.96. The maximum absolute atomic E-state index is 13.4. The second-order valence-electron chi connectivity index (χ2n) is 9.76. The molecule has 0 aliphatic carbocycles. The lowest BCUT2D eigenvalue weighted by atomic mass is 9.85. The zero-order valence-corrected chi connectivity index (χ0v) is 20.4. The van der Waals surface area contributed by atoms with Gasteiger partial charge in [-0.25, -0.2) is 0 Å². The van der Waals surface area contributed by atoms with Crippen LogP contribution in [0.15, 0.2) is 55.1 Å². The highest BCUT2D eigenvalue weighted by Gasteiger charge is 2.53. The number of hydrogen-bond acceptors (Lipinski definition) is 4. The minimum Gasteiger partial charge on any atom is -0.368 e. The molecule has 2 fully saturated rings. The van der Waals surface area contributed by atoms with Gasteiger partial charge in [-0.2, -0.15) is 26.3 Å². The minimum absolute atomic E-state index is 0.0990. The van der Waals surface area contributed by atoms with Gasteiger partial charge in [0.2, 0.25) is 5.91 Å². The number of aromatic nitrogens is 3. The van der Waals surface area contributed by atoms with Crippen LogP contribution in [0.1, 0.15) is 59.2 Å². The van der Waals surface area contributed by atoms with E-state index in [-0.39, 0.29) is 36.0 Å². The highest BCUT2D eigenvalue weighted by Crippen LogP contribution is 2.47.